The van der Waals surface area contributed by atoms with Crippen molar-refractivity contribution in [2.75, 3.05) is 36.4 Å². The molecule has 0 unspecified atom stereocenters. The van der Waals surface area contributed by atoms with Gasteiger partial charge in [-0.15, -0.1) is 0 Å². The first-order valence-electron chi connectivity index (χ1n) is 9.19. The zero-order chi connectivity index (χ0) is 18.5. The first kappa shape index (κ1) is 18.4. The first-order valence-corrected chi connectivity index (χ1v) is 9.19. The summed E-state index contributed by atoms with van der Waals surface area (Å²) in [6.07, 6.45) is 9.04. The van der Waals surface area contributed by atoms with Crippen molar-refractivity contribution >= 4 is 17.5 Å². The summed E-state index contributed by atoms with van der Waals surface area (Å²) in [5.41, 5.74) is 0.938. The van der Waals surface area contributed by atoms with Crippen molar-refractivity contribution in [2.45, 2.75) is 38.8 Å². The number of rotatable bonds is 6. The molecular weight excluding hydrogens is 330 g/mol. The molecule has 3 rings (SSSR count). The number of carbonyl (C=O) groups excluding carboxylic acids is 1. The van der Waals surface area contributed by atoms with Gasteiger partial charge in [-0.05, 0) is 32.3 Å². The Hall–Kier alpha value is -2.41. The minimum atomic E-state index is -0.568. The highest BCUT2D eigenvalue weighted by molar-refractivity contribution is 5.82. The van der Waals surface area contributed by atoms with Crippen molar-refractivity contribution < 1.29 is 9.90 Å². The van der Waals surface area contributed by atoms with E-state index in [0.29, 0.717) is 25.5 Å². The number of carbonyl (C=O) groups is 1. The zero-order valence-electron chi connectivity index (χ0n) is 15.4. The van der Waals surface area contributed by atoms with Gasteiger partial charge in [0.1, 0.15) is 18.0 Å². The number of piperazine rings is 1. The molecule has 0 saturated carbocycles. The van der Waals surface area contributed by atoms with Gasteiger partial charge in [-0.2, -0.15) is 0 Å². The van der Waals surface area contributed by atoms with Crippen molar-refractivity contribution in [3.63, 3.8) is 0 Å². The van der Waals surface area contributed by atoms with Crippen LogP contribution in [-0.4, -0.2) is 64.2 Å². The zero-order valence-corrected chi connectivity index (χ0v) is 15.4. The smallest absolute Gasteiger partial charge is 0.242 e. The summed E-state index contributed by atoms with van der Waals surface area (Å²) in [4.78, 5) is 24.7. The second kappa shape index (κ2) is 8.31. The number of aromatic nitrogens is 2. The fourth-order valence-corrected chi connectivity index (χ4v) is 3.24. The van der Waals surface area contributed by atoms with Gasteiger partial charge in [-0.25, -0.2) is 9.97 Å². The van der Waals surface area contributed by atoms with Gasteiger partial charge in [0.05, 0.1) is 12.6 Å². The quantitative estimate of drug-likeness (QED) is 0.805. The summed E-state index contributed by atoms with van der Waals surface area (Å²) in [6, 6.07) is 2.05. The van der Waals surface area contributed by atoms with E-state index >= 15 is 0 Å². The number of amides is 1. The Morgan fingerprint density at radius 1 is 1.27 bits per heavy atom. The second-order valence-corrected chi connectivity index (χ2v) is 6.94. The molecule has 7 heteroatoms. The lowest BCUT2D eigenvalue weighted by molar-refractivity contribution is -0.132. The summed E-state index contributed by atoms with van der Waals surface area (Å²) in [7, 11) is 0. The topological polar surface area (TPSA) is 81.6 Å². The molecule has 2 N–H and O–H groups in total. The molecule has 1 saturated heterocycles. The average molecular weight is 357 g/mol. The van der Waals surface area contributed by atoms with Gasteiger partial charge < -0.3 is 20.2 Å². The van der Waals surface area contributed by atoms with Crippen LogP contribution in [0.2, 0.25) is 0 Å². The van der Waals surface area contributed by atoms with Crippen LogP contribution in [0.1, 0.15) is 26.7 Å². The number of aliphatic hydroxyl groups excluding tert-OH is 1. The van der Waals surface area contributed by atoms with Crippen LogP contribution in [0.25, 0.3) is 0 Å². The maximum absolute atomic E-state index is 12.3. The van der Waals surface area contributed by atoms with Crippen molar-refractivity contribution in [2.24, 2.45) is 0 Å². The highest BCUT2D eigenvalue weighted by Gasteiger charge is 2.26. The minimum absolute atomic E-state index is 0.116. The monoisotopic (exact) mass is 357 g/mol. The van der Waals surface area contributed by atoms with Gasteiger partial charge in [0, 0.05) is 31.7 Å². The van der Waals surface area contributed by atoms with Crippen molar-refractivity contribution in [3.05, 3.63) is 36.2 Å². The van der Waals surface area contributed by atoms with E-state index in [0.717, 1.165) is 30.8 Å². The van der Waals surface area contributed by atoms with Crippen LogP contribution in [0, 0.1) is 0 Å². The molecule has 2 aliphatic rings. The van der Waals surface area contributed by atoms with Crippen LogP contribution in [0.4, 0.5) is 11.6 Å². The Labute approximate surface area is 154 Å². The van der Waals surface area contributed by atoms with Gasteiger partial charge in [0.2, 0.25) is 5.91 Å². The predicted octanol–water partition coefficient (Wildman–Crippen LogP) is 1.58. The van der Waals surface area contributed by atoms with Gasteiger partial charge in [-0.3, -0.25) is 4.79 Å². The first-order chi connectivity index (χ1) is 12.5. The van der Waals surface area contributed by atoms with Gasteiger partial charge in [0.15, 0.2) is 0 Å². The van der Waals surface area contributed by atoms with Crippen LogP contribution in [0.3, 0.4) is 0 Å². The second-order valence-electron chi connectivity index (χ2n) is 6.94. The third-order valence-corrected chi connectivity index (χ3v) is 4.74. The molecule has 1 aromatic rings. The summed E-state index contributed by atoms with van der Waals surface area (Å²) in [5.74, 6) is 1.49. The van der Waals surface area contributed by atoms with Crippen molar-refractivity contribution in [1.29, 1.82) is 0 Å². The van der Waals surface area contributed by atoms with E-state index in [1.54, 1.807) is 0 Å². The van der Waals surface area contributed by atoms with E-state index in [1.165, 1.54) is 6.33 Å². The molecule has 7 nitrogen and oxygen atoms in total. The molecular formula is C19H27N5O2. The molecule has 0 spiro atoms. The van der Waals surface area contributed by atoms with E-state index < -0.39 is 6.10 Å². The van der Waals surface area contributed by atoms with E-state index in [2.05, 4.69) is 27.4 Å². The Morgan fingerprint density at radius 3 is 2.81 bits per heavy atom. The maximum Gasteiger partial charge on any atom is 0.242 e. The molecule has 1 atom stereocenters. The molecule has 1 aromatic heterocycles. The molecule has 0 radical (unpaired) electrons. The lowest BCUT2D eigenvalue weighted by Crippen LogP contribution is -2.53. The molecule has 0 aromatic carbocycles. The number of aliphatic hydroxyl groups is 1. The molecule has 1 aliphatic carbocycles. The van der Waals surface area contributed by atoms with Crippen LogP contribution < -0.4 is 10.2 Å². The molecule has 2 heterocycles. The third-order valence-electron chi connectivity index (χ3n) is 4.74. The number of hydrogen-bond donors (Lipinski definition) is 2. The molecule has 140 valence electrons. The SMILES string of the molecule is CC(C)N1CCN(c2cc(NC[C@H](O)C3=CCCC=C3)ncn2)CC1=O. The minimum Gasteiger partial charge on any atom is -0.387 e. The number of nitrogens with one attached hydrogen (secondary N) is 1. The lowest BCUT2D eigenvalue weighted by Gasteiger charge is -2.37. The molecule has 1 aliphatic heterocycles. The summed E-state index contributed by atoms with van der Waals surface area (Å²) in [6.45, 7) is 6.22. The Kier molecular flexibility index (Phi) is 5.88. The molecule has 1 fully saturated rings. The Bertz CT molecular complexity index is 701. The maximum atomic E-state index is 12.3. The Morgan fingerprint density at radius 2 is 2.12 bits per heavy atom. The highest BCUT2D eigenvalue weighted by Crippen LogP contribution is 2.19. The number of hydrogen-bond acceptors (Lipinski definition) is 6. The van der Waals surface area contributed by atoms with Crippen molar-refractivity contribution in [1.82, 2.24) is 14.9 Å². The van der Waals surface area contributed by atoms with E-state index in [9.17, 15) is 9.90 Å². The van der Waals surface area contributed by atoms with Gasteiger partial charge in [-0.1, -0.05) is 18.2 Å². The van der Waals surface area contributed by atoms with Gasteiger partial charge >= 0.3 is 0 Å². The van der Waals surface area contributed by atoms with Crippen LogP contribution in [-0.2, 0) is 4.79 Å². The van der Waals surface area contributed by atoms with Crippen LogP contribution in [0.5, 0.6) is 0 Å². The summed E-state index contributed by atoms with van der Waals surface area (Å²) >= 11 is 0. The van der Waals surface area contributed by atoms with Crippen LogP contribution in [0.15, 0.2) is 36.2 Å². The average Bonchev–Trinajstić information content (AvgIpc) is 2.66. The normalized spacial score (nSPS) is 18.9. The molecule has 1 amide bonds. The fourth-order valence-electron chi connectivity index (χ4n) is 3.24. The molecule has 0 bridgehead atoms. The predicted molar refractivity (Wildman–Crippen MR) is 102 cm³/mol. The lowest BCUT2D eigenvalue weighted by atomic mass is 10.0. The Balaban J connectivity index is 1.59. The fraction of sp³-hybridized carbons (Fsp3) is 0.526. The van der Waals surface area contributed by atoms with Gasteiger partial charge in [0.25, 0.3) is 0 Å². The third kappa shape index (κ3) is 4.40. The summed E-state index contributed by atoms with van der Waals surface area (Å²) < 4.78 is 0. The number of nitrogens with zero attached hydrogens (tertiary/aromatic N) is 4. The largest absolute Gasteiger partial charge is 0.387 e. The number of anilines is 2. The molecule has 26 heavy (non-hydrogen) atoms. The number of allylic oxidation sites excluding steroid dienone is 2. The van der Waals surface area contributed by atoms with Crippen molar-refractivity contribution in [3.8, 4) is 0 Å². The summed E-state index contributed by atoms with van der Waals surface area (Å²) in [5, 5.41) is 13.4. The van der Waals surface area contributed by atoms with E-state index in [1.807, 2.05) is 35.8 Å². The standard InChI is InChI=1S/C19H27N5O2/c1-14(2)24-9-8-23(12-19(24)26)18-10-17(21-13-22-18)20-11-16(25)15-6-4-3-5-7-15/h4,6-7,10,13-14,16,25H,3,5,8-9,11-12H2,1-2H3,(H,20,21,22)/t16-/m0/s1. The van der Waals surface area contributed by atoms with E-state index in [-0.39, 0.29) is 11.9 Å². The van der Waals surface area contributed by atoms with Crippen LogP contribution >= 0.6 is 0 Å². The van der Waals surface area contributed by atoms with E-state index in [4.69, 9.17) is 0 Å². The highest BCUT2D eigenvalue weighted by atomic mass is 16.3.